The Hall–Kier alpha value is -2.84. The quantitative estimate of drug-likeness (QED) is 0.319. The first-order valence-corrected chi connectivity index (χ1v) is 9.46. The fourth-order valence-corrected chi connectivity index (χ4v) is 4.20. The molecule has 2 heteroatoms. The second kappa shape index (κ2) is 6.15. The minimum Gasteiger partial charge on any atom is -0.354 e. The summed E-state index contributed by atoms with van der Waals surface area (Å²) in [5.41, 5.74) is 7.23. The van der Waals surface area contributed by atoms with Gasteiger partial charge in [-0.15, -0.1) is 0 Å². The Balaban J connectivity index is 1.95. The molecule has 0 aliphatic rings. The van der Waals surface area contributed by atoms with Crippen LogP contribution >= 0.6 is 15.9 Å². The van der Waals surface area contributed by atoms with Crippen molar-refractivity contribution in [2.75, 3.05) is 0 Å². The van der Waals surface area contributed by atoms with E-state index in [-0.39, 0.29) is 0 Å². The van der Waals surface area contributed by atoms with E-state index in [4.69, 9.17) is 0 Å². The molecule has 1 heterocycles. The first-order valence-electron chi connectivity index (χ1n) is 8.67. The third-order valence-electron chi connectivity index (χ3n) is 4.91. The lowest BCUT2D eigenvalue weighted by atomic mass is 9.92. The number of nitrogens with one attached hydrogen (secondary N) is 1. The third kappa shape index (κ3) is 2.38. The molecule has 1 aromatic heterocycles. The van der Waals surface area contributed by atoms with Crippen molar-refractivity contribution < 1.29 is 0 Å². The summed E-state index contributed by atoms with van der Waals surface area (Å²) < 4.78 is 1.10. The minimum absolute atomic E-state index is 1.10. The molecule has 0 unspecified atom stereocenters. The number of aromatic amines is 1. The van der Waals surface area contributed by atoms with Crippen molar-refractivity contribution in [2.45, 2.75) is 0 Å². The zero-order valence-electron chi connectivity index (χ0n) is 14.0. The van der Waals surface area contributed by atoms with Crippen molar-refractivity contribution in [1.29, 1.82) is 0 Å². The van der Waals surface area contributed by atoms with Crippen LogP contribution in [0.15, 0.2) is 95.5 Å². The Bertz CT molecular complexity index is 1240. The fourth-order valence-electron chi connectivity index (χ4n) is 3.72. The summed E-state index contributed by atoms with van der Waals surface area (Å²) in [4.78, 5) is 3.66. The van der Waals surface area contributed by atoms with Gasteiger partial charge in [-0.3, -0.25) is 0 Å². The maximum atomic E-state index is 3.76. The monoisotopic (exact) mass is 397 g/mol. The van der Waals surface area contributed by atoms with Crippen LogP contribution in [-0.2, 0) is 0 Å². The molecule has 1 N–H and O–H groups in total. The number of fused-ring (bicyclic) bond motifs is 3. The highest BCUT2D eigenvalue weighted by molar-refractivity contribution is 9.10. The van der Waals surface area contributed by atoms with Gasteiger partial charge in [-0.25, -0.2) is 0 Å². The molecule has 0 aliphatic heterocycles. The smallest absolute Gasteiger partial charge is 0.0551 e. The van der Waals surface area contributed by atoms with Crippen molar-refractivity contribution in [3.8, 4) is 22.3 Å². The van der Waals surface area contributed by atoms with Gasteiger partial charge in [0, 0.05) is 26.3 Å². The normalized spacial score (nSPS) is 11.3. The molecule has 124 valence electrons. The number of rotatable bonds is 2. The SMILES string of the molecule is Brc1ccccc1-c1c(-c2ccccc2)ccc2c1[nH]c1ccccc12. The lowest BCUT2D eigenvalue weighted by Gasteiger charge is -2.13. The number of H-pyrrole nitrogens is 1. The van der Waals surface area contributed by atoms with Crippen LogP contribution in [0.25, 0.3) is 44.1 Å². The maximum absolute atomic E-state index is 3.76. The molecule has 4 aromatic carbocycles. The zero-order chi connectivity index (χ0) is 17.5. The van der Waals surface area contributed by atoms with Gasteiger partial charge in [-0.2, -0.15) is 0 Å². The summed E-state index contributed by atoms with van der Waals surface area (Å²) in [5, 5.41) is 2.52. The zero-order valence-corrected chi connectivity index (χ0v) is 15.6. The summed E-state index contributed by atoms with van der Waals surface area (Å²) in [6.07, 6.45) is 0. The predicted octanol–water partition coefficient (Wildman–Crippen LogP) is 7.42. The van der Waals surface area contributed by atoms with Crippen LogP contribution in [0.4, 0.5) is 0 Å². The topological polar surface area (TPSA) is 15.8 Å². The number of benzene rings is 4. The molecule has 0 fully saturated rings. The summed E-state index contributed by atoms with van der Waals surface area (Å²) in [7, 11) is 0. The lowest BCUT2D eigenvalue weighted by molar-refractivity contribution is 1.52. The summed E-state index contributed by atoms with van der Waals surface area (Å²) >= 11 is 3.76. The molecular formula is C24H16BrN. The van der Waals surface area contributed by atoms with Crippen molar-refractivity contribution in [2.24, 2.45) is 0 Å². The summed E-state index contributed by atoms with van der Waals surface area (Å²) in [6.45, 7) is 0. The van der Waals surface area contributed by atoms with Gasteiger partial charge in [0.25, 0.3) is 0 Å². The number of halogens is 1. The lowest BCUT2D eigenvalue weighted by Crippen LogP contribution is -1.88. The van der Waals surface area contributed by atoms with Crippen LogP contribution < -0.4 is 0 Å². The molecule has 0 bridgehead atoms. The molecular weight excluding hydrogens is 382 g/mol. The van der Waals surface area contributed by atoms with Crippen molar-refractivity contribution in [3.05, 3.63) is 95.5 Å². The van der Waals surface area contributed by atoms with E-state index in [2.05, 4.69) is 112 Å². The van der Waals surface area contributed by atoms with Gasteiger partial charge in [-0.05, 0) is 28.8 Å². The summed E-state index contributed by atoms with van der Waals surface area (Å²) in [6, 6.07) is 32.0. The third-order valence-corrected chi connectivity index (χ3v) is 5.60. The molecule has 0 amide bonds. The van der Waals surface area contributed by atoms with Crippen molar-refractivity contribution in [1.82, 2.24) is 4.98 Å². The highest BCUT2D eigenvalue weighted by Crippen LogP contribution is 2.42. The number of aromatic nitrogens is 1. The Morgan fingerprint density at radius 2 is 1.31 bits per heavy atom. The van der Waals surface area contributed by atoms with Crippen LogP contribution in [-0.4, -0.2) is 4.98 Å². The average molecular weight is 398 g/mol. The van der Waals surface area contributed by atoms with Crippen molar-refractivity contribution in [3.63, 3.8) is 0 Å². The minimum atomic E-state index is 1.10. The molecule has 0 spiro atoms. The molecule has 1 nitrogen and oxygen atoms in total. The Labute approximate surface area is 160 Å². The van der Waals surface area contributed by atoms with E-state index in [0.29, 0.717) is 0 Å². The van der Waals surface area contributed by atoms with E-state index < -0.39 is 0 Å². The van der Waals surface area contributed by atoms with Crippen LogP contribution in [0, 0.1) is 0 Å². The molecule has 26 heavy (non-hydrogen) atoms. The Morgan fingerprint density at radius 3 is 2.15 bits per heavy atom. The number of hydrogen-bond donors (Lipinski definition) is 1. The molecule has 0 saturated carbocycles. The van der Waals surface area contributed by atoms with Gasteiger partial charge >= 0.3 is 0 Å². The largest absolute Gasteiger partial charge is 0.354 e. The predicted molar refractivity (Wildman–Crippen MR) is 114 cm³/mol. The highest BCUT2D eigenvalue weighted by Gasteiger charge is 2.16. The van der Waals surface area contributed by atoms with E-state index in [0.717, 1.165) is 4.47 Å². The van der Waals surface area contributed by atoms with E-state index in [1.54, 1.807) is 0 Å². The number of para-hydroxylation sites is 1. The molecule has 5 aromatic rings. The molecule has 0 aliphatic carbocycles. The van der Waals surface area contributed by atoms with Crippen LogP contribution in [0.3, 0.4) is 0 Å². The first kappa shape index (κ1) is 15.4. The van der Waals surface area contributed by atoms with Gasteiger partial charge in [0.1, 0.15) is 0 Å². The molecule has 0 saturated heterocycles. The second-order valence-corrected chi connectivity index (χ2v) is 7.28. The van der Waals surface area contributed by atoms with Crippen LogP contribution in [0.1, 0.15) is 0 Å². The van der Waals surface area contributed by atoms with Crippen molar-refractivity contribution >= 4 is 37.7 Å². The van der Waals surface area contributed by atoms with Gasteiger partial charge in [0.2, 0.25) is 0 Å². The van der Waals surface area contributed by atoms with E-state index in [1.807, 2.05) is 0 Å². The second-order valence-electron chi connectivity index (χ2n) is 6.43. The van der Waals surface area contributed by atoms with Gasteiger partial charge in [0.05, 0.1) is 5.52 Å². The molecule has 0 atom stereocenters. The van der Waals surface area contributed by atoms with Crippen LogP contribution in [0.2, 0.25) is 0 Å². The maximum Gasteiger partial charge on any atom is 0.0551 e. The van der Waals surface area contributed by atoms with Gasteiger partial charge in [0.15, 0.2) is 0 Å². The van der Waals surface area contributed by atoms with E-state index in [9.17, 15) is 0 Å². The Morgan fingerprint density at radius 1 is 0.577 bits per heavy atom. The number of hydrogen-bond acceptors (Lipinski definition) is 0. The van der Waals surface area contributed by atoms with E-state index in [1.165, 1.54) is 44.1 Å². The highest BCUT2D eigenvalue weighted by atomic mass is 79.9. The average Bonchev–Trinajstić information content (AvgIpc) is 3.07. The van der Waals surface area contributed by atoms with Gasteiger partial charge in [-0.1, -0.05) is 94.8 Å². The van der Waals surface area contributed by atoms with Crippen LogP contribution in [0.5, 0.6) is 0 Å². The Kier molecular flexibility index (Phi) is 3.65. The van der Waals surface area contributed by atoms with E-state index >= 15 is 0 Å². The van der Waals surface area contributed by atoms with Gasteiger partial charge < -0.3 is 4.98 Å². The standard InChI is InChI=1S/C24H16BrN/c25-21-12-6-4-11-20(21)23-17(16-8-2-1-3-9-16)14-15-19-18-10-5-7-13-22(18)26-24(19)23/h1-15,26H. The summed E-state index contributed by atoms with van der Waals surface area (Å²) in [5.74, 6) is 0. The molecule has 5 rings (SSSR count). The fraction of sp³-hybridized carbons (Fsp3) is 0. The first-order chi connectivity index (χ1) is 12.8. The molecule has 0 radical (unpaired) electrons.